The molecule has 3 amide bonds. The van der Waals surface area contributed by atoms with Crippen LogP contribution in [0.4, 0.5) is 0 Å². The van der Waals surface area contributed by atoms with Crippen LogP contribution in [0.15, 0.2) is 29.8 Å². The lowest BCUT2D eigenvalue weighted by atomic mass is 10.0. The first-order valence-electron chi connectivity index (χ1n) is 13.7. The van der Waals surface area contributed by atoms with Gasteiger partial charge in [0.1, 0.15) is 12.1 Å². The number of carbonyl (C=O) groups is 3. The van der Waals surface area contributed by atoms with Crippen molar-refractivity contribution in [1.82, 2.24) is 20.5 Å². The summed E-state index contributed by atoms with van der Waals surface area (Å²) in [7, 11) is 0. The zero-order valence-electron chi connectivity index (χ0n) is 24.8. The number of aromatic nitrogens is 1. The molecule has 1 saturated heterocycles. The number of nitrogens with zero attached hydrogens (tertiary/aromatic N) is 2. The van der Waals surface area contributed by atoms with Crippen molar-refractivity contribution < 1.29 is 19.5 Å². The van der Waals surface area contributed by atoms with Crippen molar-refractivity contribution in [1.29, 1.82) is 0 Å². The average molecular weight is 549 g/mol. The number of nitrogens with one attached hydrogen (secondary N) is 2. The van der Waals surface area contributed by atoms with Gasteiger partial charge >= 0.3 is 0 Å². The largest absolute Gasteiger partial charge is 0.391 e. The number of benzene rings is 1. The van der Waals surface area contributed by atoms with Crippen LogP contribution in [0.2, 0.25) is 0 Å². The van der Waals surface area contributed by atoms with Gasteiger partial charge in [0.2, 0.25) is 17.7 Å². The molecule has 0 spiro atoms. The van der Waals surface area contributed by atoms with E-state index in [9.17, 15) is 19.5 Å². The Balaban J connectivity index is 0.00000213. The van der Waals surface area contributed by atoms with Crippen molar-refractivity contribution in [3.8, 4) is 10.4 Å². The maximum atomic E-state index is 13.1. The summed E-state index contributed by atoms with van der Waals surface area (Å²) in [6.07, 6.45) is -0.603. The maximum absolute atomic E-state index is 13.1. The first-order chi connectivity index (χ1) is 18.2. The van der Waals surface area contributed by atoms with Crippen molar-refractivity contribution in [3.05, 3.63) is 41.0 Å². The minimum Gasteiger partial charge on any atom is -0.391 e. The van der Waals surface area contributed by atoms with Crippen molar-refractivity contribution in [3.63, 3.8) is 0 Å². The molecule has 214 valence electrons. The normalized spacial score (nSPS) is 16.6. The number of rotatable bonds is 7. The summed E-state index contributed by atoms with van der Waals surface area (Å²) in [4.78, 5) is 44.2. The highest BCUT2D eigenvalue weighted by Crippen LogP contribution is 2.27. The molecule has 0 radical (unpaired) electrons. The number of thiazole rings is 1. The highest BCUT2D eigenvalue weighted by atomic mass is 32.1. The number of aliphatic hydroxyl groups excluding tert-OH is 1. The Hall–Kier alpha value is -2.78. The zero-order chi connectivity index (χ0) is 29.4. The summed E-state index contributed by atoms with van der Waals surface area (Å²) in [5.74, 6) is -1.12. The highest BCUT2D eigenvalue weighted by Gasteiger charge is 2.41. The number of hydrogen-bond acceptors (Lipinski definition) is 6. The number of β-amino-alcohol motifs (C(OH)–C–C–N with tert-alkyl or cyclic N) is 1. The van der Waals surface area contributed by atoms with Crippen molar-refractivity contribution in [2.24, 2.45) is 5.92 Å². The third kappa shape index (κ3) is 10.2. The second-order valence-corrected chi connectivity index (χ2v) is 9.35. The minimum absolute atomic E-state index is 0.0720. The highest BCUT2D eigenvalue weighted by molar-refractivity contribution is 7.13. The fourth-order valence-electron chi connectivity index (χ4n) is 3.88. The SMILES string of the molecule is CC.CC.CC.CC(=O)NC(C(=O)N1CC(O)CC1C(=O)NCc1ccc(-c2scnc2C)cc1)C(C)C. The van der Waals surface area contributed by atoms with Crippen LogP contribution in [0.25, 0.3) is 10.4 Å². The molecule has 0 bridgehead atoms. The molecule has 0 saturated carbocycles. The topological polar surface area (TPSA) is 112 Å². The van der Waals surface area contributed by atoms with E-state index in [1.54, 1.807) is 11.3 Å². The number of hydrogen-bond donors (Lipinski definition) is 3. The van der Waals surface area contributed by atoms with E-state index in [0.29, 0.717) is 6.54 Å². The molecule has 3 atom stereocenters. The fourth-order valence-corrected chi connectivity index (χ4v) is 4.69. The Morgan fingerprint density at radius 1 is 1.08 bits per heavy atom. The van der Waals surface area contributed by atoms with E-state index < -0.39 is 18.2 Å². The Morgan fingerprint density at radius 3 is 2.13 bits per heavy atom. The third-order valence-electron chi connectivity index (χ3n) is 5.58. The average Bonchev–Trinajstić information content (AvgIpc) is 3.54. The standard InChI is InChI=1S/C23H30N4O4S.3C2H6/c1-13(2)20(26-15(4)28)23(31)27-11-18(29)9-19(27)22(30)24-10-16-5-7-17(8-6-16)21-14(3)25-12-32-21;3*1-2/h5-8,12-13,18-20,29H,9-11H2,1-4H3,(H,24,30)(H,26,28);3*1-2H3. The number of likely N-dealkylation sites (tertiary alicyclic amines) is 1. The Labute approximate surface area is 233 Å². The Kier molecular flexibility index (Phi) is 17.1. The van der Waals surface area contributed by atoms with Crippen LogP contribution in [0.1, 0.15) is 80.0 Å². The van der Waals surface area contributed by atoms with Gasteiger partial charge in [-0.1, -0.05) is 79.7 Å². The molecule has 9 heteroatoms. The van der Waals surface area contributed by atoms with Gasteiger partial charge in [0, 0.05) is 26.4 Å². The lowest BCUT2D eigenvalue weighted by molar-refractivity contribution is -0.142. The van der Waals surface area contributed by atoms with Gasteiger partial charge in [-0.2, -0.15) is 0 Å². The molecule has 3 N–H and O–H groups in total. The fraction of sp³-hybridized carbons (Fsp3) is 0.586. The molecule has 1 aliphatic rings. The molecule has 1 aromatic heterocycles. The van der Waals surface area contributed by atoms with Crippen LogP contribution < -0.4 is 10.6 Å². The second-order valence-electron chi connectivity index (χ2n) is 8.50. The van der Waals surface area contributed by atoms with Crippen LogP contribution in [0.3, 0.4) is 0 Å². The molecule has 1 fully saturated rings. The van der Waals surface area contributed by atoms with Gasteiger partial charge in [0.25, 0.3) is 0 Å². The van der Waals surface area contributed by atoms with Gasteiger partial charge in [-0.15, -0.1) is 11.3 Å². The molecule has 8 nitrogen and oxygen atoms in total. The van der Waals surface area contributed by atoms with Crippen LogP contribution in [-0.4, -0.2) is 57.4 Å². The monoisotopic (exact) mass is 548 g/mol. The molecule has 0 aliphatic carbocycles. The number of amides is 3. The van der Waals surface area contributed by atoms with E-state index in [-0.39, 0.29) is 36.6 Å². The lowest BCUT2D eigenvalue weighted by Crippen LogP contribution is -2.55. The molecule has 3 unspecified atom stereocenters. The summed E-state index contributed by atoms with van der Waals surface area (Å²) in [5, 5.41) is 15.7. The van der Waals surface area contributed by atoms with Crippen LogP contribution in [-0.2, 0) is 20.9 Å². The second kappa shape index (κ2) is 18.5. The first kappa shape index (κ1) is 35.2. The van der Waals surface area contributed by atoms with Gasteiger partial charge in [-0.3, -0.25) is 14.4 Å². The van der Waals surface area contributed by atoms with Crippen molar-refractivity contribution >= 4 is 29.1 Å². The summed E-state index contributed by atoms with van der Waals surface area (Å²) in [6.45, 7) is 19.4. The summed E-state index contributed by atoms with van der Waals surface area (Å²) in [5.41, 5.74) is 4.81. The van der Waals surface area contributed by atoms with Crippen molar-refractivity contribution in [2.75, 3.05) is 6.54 Å². The van der Waals surface area contributed by atoms with Gasteiger partial charge in [0.15, 0.2) is 0 Å². The molecule has 38 heavy (non-hydrogen) atoms. The predicted octanol–water partition coefficient (Wildman–Crippen LogP) is 4.94. The zero-order valence-corrected chi connectivity index (χ0v) is 25.6. The van der Waals surface area contributed by atoms with Gasteiger partial charge < -0.3 is 20.6 Å². The van der Waals surface area contributed by atoms with Gasteiger partial charge in [0.05, 0.1) is 22.2 Å². The molecule has 2 aromatic rings. The Bertz CT molecular complexity index is 975. The molecular formula is C29H48N4O4S. The smallest absolute Gasteiger partial charge is 0.246 e. The van der Waals surface area contributed by atoms with Crippen LogP contribution >= 0.6 is 11.3 Å². The quantitative estimate of drug-likeness (QED) is 0.454. The van der Waals surface area contributed by atoms with Crippen molar-refractivity contribution in [2.45, 2.75) is 100 Å². The van der Waals surface area contributed by atoms with Crippen LogP contribution in [0.5, 0.6) is 0 Å². The number of aliphatic hydroxyl groups is 1. The molecule has 1 aliphatic heterocycles. The van der Waals surface area contributed by atoms with Crippen LogP contribution in [0, 0.1) is 12.8 Å². The maximum Gasteiger partial charge on any atom is 0.246 e. The number of aryl methyl sites for hydroxylation is 1. The van der Waals surface area contributed by atoms with Gasteiger partial charge in [-0.25, -0.2) is 4.98 Å². The summed E-state index contributed by atoms with van der Waals surface area (Å²) < 4.78 is 0. The van der Waals surface area contributed by atoms with E-state index in [1.807, 2.05) is 92.1 Å². The third-order valence-corrected chi connectivity index (χ3v) is 6.56. The molecule has 3 rings (SSSR count). The lowest BCUT2D eigenvalue weighted by Gasteiger charge is -2.30. The molecular weight excluding hydrogens is 500 g/mol. The summed E-state index contributed by atoms with van der Waals surface area (Å²) in [6, 6.07) is 6.39. The minimum atomic E-state index is -0.776. The van der Waals surface area contributed by atoms with E-state index >= 15 is 0 Å². The van der Waals surface area contributed by atoms with E-state index in [1.165, 1.54) is 11.8 Å². The van der Waals surface area contributed by atoms with E-state index in [2.05, 4.69) is 15.6 Å². The van der Waals surface area contributed by atoms with E-state index in [4.69, 9.17) is 0 Å². The number of carbonyl (C=O) groups excluding carboxylic acids is 3. The van der Waals surface area contributed by atoms with Gasteiger partial charge in [-0.05, 0) is 24.0 Å². The Morgan fingerprint density at radius 2 is 1.66 bits per heavy atom. The predicted molar refractivity (Wildman–Crippen MR) is 157 cm³/mol. The molecule has 2 heterocycles. The summed E-state index contributed by atoms with van der Waals surface area (Å²) >= 11 is 1.59. The van der Waals surface area contributed by atoms with E-state index in [0.717, 1.165) is 21.7 Å². The molecule has 1 aromatic carbocycles. The first-order valence-corrected chi connectivity index (χ1v) is 14.6.